The van der Waals surface area contributed by atoms with Gasteiger partial charge in [0.25, 0.3) is 0 Å². The predicted molar refractivity (Wildman–Crippen MR) is 62.8 cm³/mol. The van der Waals surface area contributed by atoms with E-state index in [1.54, 1.807) is 6.07 Å². The van der Waals surface area contributed by atoms with E-state index in [9.17, 15) is 4.79 Å². The Bertz CT molecular complexity index is 341. The molecule has 0 saturated carbocycles. The summed E-state index contributed by atoms with van der Waals surface area (Å²) in [4.78, 5) is 15.1. The molecule has 0 aliphatic carbocycles. The molecule has 4 nitrogen and oxygen atoms in total. The van der Waals surface area contributed by atoms with E-state index in [1.165, 1.54) is 0 Å². The number of carbonyl (C=O) groups is 1. The van der Waals surface area contributed by atoms with Crippen LogP contribution in [-0.2, 0) is 11.3 Å². The Kier molecular flexibility index (Phi) is 5.70. The number of nitrogen functional groups attached to an aromatic ring is 1. The number of nitrogens with zero attached hydrogens (tertiary/aromatic N) is 1. The highest BCUT2D eigenvalue weighted by Crippen LogP contribution is 2.07. The molecule has 84 valence electrons. The third-order valence-corrected chi connectivity index (χ3v) is 2.01. The Morgan fingerprint density at radius 2 is 2.20 bits per heavy atom. The highest BCUT2D eigenvalue weighted by atomic mass is 35.5. The quantitative estimate of drug-likeness (QED) is 0.824. The Morgan fingerprint density at radius 1 is 1.53 bits per heavy atom. The maximum atomic E-state index is 11.0. The number of aromatic nitrogens is 1. The van der Waals surface area contributed by atoms with Gasteiger partial charge in [0.15, 0.2) is 0 Å². The summed E-state index contributed by atoms with van der Waals surface area (Å²) in [5, 5.41) is 2.79. The summed E-state index contributed by atoms with van der Waals surface area (Å²) in [5.74, 6) is 0.550. The van der Waals surface area contributed by atoms with Gasteiger partial charge in [-0.1, -0.05) is 13.0 Å². The van der Waals surface area contributed by atoms with Crippen molar-refractivity contribution in [2.75, 3.05) is 5.73 Å². The molecule has 1 heterocycles. The van der Waals surface area contributed by atoms with E-state index in [-0.39, 0.29) is 18.3 Å². The molecule has 1 aromatic heterocycles. The first-order chi connectivity index (χ1) is 6.63. The zero-order chi connectivity index (χ0) is 10.6. The maximum Gasteiger partial charge on any atom is 0.219 e. The molecule has 1 rings (SSSR count). The molecule has 0 spiro atoms. The number of aryl methyl sites for hydroxylation is 1. The number of anilines is 1. The van der Waals surface area contributed by atoms with E-state index < -0.39 is 0 Å². The lowest BCUT2D eigenvalue weighted by molar-refractivity contribution is -0.120. The number of carbonyl (C=O) groups excluding carboxylic acids is 1. The molecular formula is C10H16ClN3O. The Balaban J connectivity index is 0.00000196. The van der Waals surface area contributed by atoms with Crippen molar-refractivity contribution in [2.45, 2.75) is 26.8 Å². The van der Waals surface area contributed by atoms with Crippen LogP contribution < -0.4 is 11.1 Å². The van der Waals surface area contributed by atoms with Crippen molar-refractivity contribution in [1.29, 1.82) is 0 Å². The van der Waals surface area contributed by atoms with E-state index in [1.807, 2.05) is 19.9 Å². The molecule has 0 aliphatic heterocycles. The number of amides is 1. The van der Waals surface area contributed by atoms with Gasteiger partial charge < -0.3 is 11.1 Å². The van der Waals surface area contributed by atoms with Crippen molar-refractivity contribution >= 4 is 24.1 Å². The highest BCUT2D eigenvalue weighted by molar-refractivity contribution is 5.85. The molecule has 3 N–H and O–H groups in total. The summed E-state index contributed by atoms with van der Waals surface area (Å²) in [6.07, 6.45) is 0.501. The molecule has 0 saturated heterocycles. The monoisotopic (exact) mass is 229 g/mol. The maximum absolute atomic E-state index is 11.0. The largest absolute Gasteiger partial charge is 0.384 e. The Labute approximate surface area is 95.7 Å². The second-order valence-electron chi connectivity index (χ2n) is 3.11. The molecule has 1 aromatic rings. The third-order valence-electron chi connectivity index (χ3n) is 2.01. The number of hydrogen-bond donors (Lipinski definition) is 2. The number of pyridine rings is 1. The molecular weight excluding hydrogens is 214 g/mol. The van der Waals surface area contributed by atoms with E-state index in [0.29, 0.717) is 18.8 Å². The fourth-order valence-corrected chi connectivity index (χ4v) is 1.11. The second kappa shape index (κ2) is 6.24. The van der Waals surface area contributed by atoms with Gasteiger partial charge in [-0.05, 0) is 18.6 Å². The minimum Gasteiger partial charge on any atom is -0.384 e. The van der Waals surface area contributed by atoms with Gasteiger partial charge in [-0.3, -0.25) is 4.79 Å². The number of hydrogen-bond acceptors (Lipinski definition) is 3. The fraction of sp³-hybridized carbons (Fsp3) is 0.400. The molecule has 0 radical (unpaired) electrons. The van der Waals surface area contributed by atoms with Crippen molar-refractivity contribution in [1.82, 2.24) is 10.3 Å². The van der Waals surface area contributed by atoms with Gasteiger partial charge in [-0.15, -0.1) is 12.4 Å². The summed E-state index contributed by atoms with van der Waals surface area (Å²) in [7, 11) is 0. The Hall–Kier alpha value is -1.29. The lowest BCUT2D eigenvalue weighted by atomic mass is 10.2. The molecule has 0 aromatic carbocycles. The zero-order valence-corrected chi connectivity index (χ0v) is 9.73. The third kappa shape index (κ3) is 4.16. The zero-order valence-electron chi connectivity index (χ0n) is 8.91. The molecule has 15 heavy (non-hydrogen) atoms. The fourth-order valence-electron chi connectivity index (χ4n) is 1.11. The number of rotatable bonds is 3. The summed E-state index contributed by atoms with van der Waals surface area (Å²) in [6.45, 7) is 4.22. The predicted octanol–water partition coefficient (Wildman–Crippen LogP) is 1.42. The van der Waals surface area contributed by atoms with Gasteiger partial charge >= 0.3 is 0 Å². The molecule has 0 atom stereocenters. The normalized spacial score (nSPS) is 9.20. The molecule has 0 aliphatic rings. The van der Waals surface area contributed by atoms with Crippen molar-refractivity contribution in [3.63, 3.8) is 0 Å². The molecule has 0 fully saturated rings. The van der Waals surface area contributed by atoms with Gasteiger partial charge in [-0.2, -0.15) is 0 Å². The van der Waals surface area contributed by atoms with Crippen LogP contribution in [0, 0.1) is 6.92 Å². The van der Waals surface area contributed by atoms with Crippen LogP contribution in [0.15, 0.2) is 12.1 Å². The second-order valence-corrected chi connectivity index (χ2v) is 3.11. The lowest BCUT2D eigenvalue weighted by Gasteiger charge is -2.06. The minimum absolute atomic E-state index is 0. The first kappa shape index (κ1) is 13.7. The SMILES string of the molecule is CCC(=O)NCc1ccc(N)nc1C.Cl. The first-order valence-electron chi connectivity index (χ1n) is 4.62. The number of nitrogens with one attached hydrogen (secondary N) is 1. The van der Waals surface area contributed by atoms with Crippen LogP contribution in [0.25, 0.3) is 0 Å². The highest BCUT2D eigenvalue weighted by Gasteiger charge is 2.01. The van der Waals surface area contributed by atoms with E-state index in [4.69, 9.17) is 5.73 Å². The smallest absolute Gasteiger partial charge is 0.219 e. The van der Waals surface area contributed by atoms with E-state index in [2.05, 4.69) is 10.3 Å². The summed E-state index contributed by atoms with van der Waals surface area (Å²) in [6, 6.07) is 3.62. The van der Waals surface area contributed by atoms with Crippen LogP contribution in [-0.4, -0.2) is 10.9 Å². The summed E-state index contributed by atoms with van der Waals surface area (Å²) >= 11 is 0. The average Bonchev–Trinajstić information content (AvgIpc) is 2.16. The van der Waals surface area contributed by atoms with Crippen molar-refractivity contribution in [3.8, 4) is 0 Å². The molecule has 1 amide bonds. The van der Waals surface area contributed by atoms with Crippen molar-refractivity contribution in [3.05, 3.63) is 23.4 Å². The van der Waals surface area contributed by atoms with Crippen LogP contribution in [0.1, 0.15) is 24.6 Å². The molecule has 0 bridgehead atoms. The van der Waals surface area contributed by atoms with Crippen LogP contribution in [0.4, 0.5) is 5.82 Å². The van der Waals surface area contributed by atoms with Crippen molar-refractivity contribution in [2.24, 2.45) is 0 Å². The summed E-state index contributed by atoms with van der Waals surface area (Å²) in [5.41, 5.74) is 7.37. The van der Waals surface area contributed by atoms with Crippen LogP contribution in [0.2, 0.25) is 0 Å². The first-order valence-corrected chi connectivity index (χ1v) is 4.62. The standard InChI is InChI=1S/C10H15N3O.ClH/c1-3-10(14)12-6-8-4-5-9(11)13-7(8)2;/h4-5H,3,6H2,1-2H3,(H2,11,13)(H,12,14);1H. The average molecular weight is 230 g/mol. The number of halogens is 1. The molecule has 0 unspecified atom stereocenters. The van der Waals surface area contributed by atoms with Gasteiger partial charge in [-0.25, -0.2) is 4.98 Å². The van der Waals surface area contributed by atoms with Gasteiger partial charge in [0.05, 0.1) is 0 Å². The van der Waals surface area contributed by atoms with Crippen LogP contribution in [0.5, 0.6) is 0 Å². The minimum atomic E-state index is 0. The Morgan fingerprint density at radius 3 is 2.73 bits per heavy atom. The van der Waals surface area contributed by atoms with E-state index in [0.717, 1.165) is 11.3 Å². The van der Waals surface area contributed by atoms with E-state index >= 15 is 0 Å². The van der Waals surface area contributed by atoms with Gasteiger partial charge in [0, 0.05) is 18.7 Å². The van der Waals surface area contributed by atoms with Crippen LogP contribution >= 0.6 is 12.4 Å². The molecule has 5 heteroatoms. The van der Waals surface area contributed by atoms with Gasteiger partial charge in [0.2, 0.25) is 5.91 Å². The van der Waals surface area contributed by atoms with Gasteiger partial charge in [0.1, 0.15) is 5.82 Å². The van der Waals surface area contributed by atoms with Crippen molar-refractivity contribution < 1.29 is 4.79 Å². The van der Waals surface area contributed by atoms with Crippen LogP contribution in [0.3, 0.4) is 0 Å². The summed E-state index contributed by atoms with van der Waals surface area (Å²) < 4.78 is 0. The number of nitrogens with two attached hydrogens (primary N) is 1. The topological polar surface area (TPSA) is 68.0 Å². The lowest BCUT2D eigenvalue weighted by Crippen LogP contribution is -2.22.